The maximum atomic E-state index is 12.1. The van der Waals surface area contributed by atoms with E-state index in [9.17, 15) is 4.79 Å². The van der Waals surface area contributed by atoms with E-state index in [1.165, 1.54) is 0 Å². The Hall–Kier alpha value is -0.433. The molecule has 1 atom stereocenters. The lowest BCUT2D eigenvalue weighted by Crippen LogP contribution is -2.63. The number of piperidine rings is 1. The van der Waals surface area contributed by atoms with Crippen molar-refractivity contribution in [3.63, 3.8) is 0 Å². The number of hydrogen-bond donors (Lipinski definition) is 0. The molecule has 0 N–H and O–H groups in total. The summed E-state index contributed by atoms with van der Waals surface area (Å²) in [6.45, 7) is 2.88. The molecule has 0 aromatic carbocycles. The van der Waals surface area contributed by atoms with Gasteiger partial charge < -0.3 is 18.2 Å². The summed E-state index contributed by atoms with van der Waals surface area (Å²) in [4.78, 5) is 14.0. The Morgan fingerprint density at radius 3 is 2.28 bits per heavy atom. The Labute approximate surface area is 111 Å². The van der Waals surface area contributed by atoms with Crippen LogP contribution in [0.2, 0.25) is 0 Å². The monoisotopic (exact) mass is 275 g/mol. The van der Waals surface area contributed by atoms with E-state index in [2.05, 4.69) is 6.92 Å². The summed E-state index contributed by atoms with van der Waals surface area (Å²) in [6, 6.07) is 0. The van der Waals surface area contributed by atoms with Gasteiger partial charge in [0.25, 0.3) is 0 Å². The molecule has 1 saturated heterocycles. The van der Waals surface area contributed by atoms with Crippen LogP contribution in [0.1, 0.15) is 39.0 Å². The van der Waals surface area contributed by atoms with Gasteiger partial charge >= 0.3 is 8.80 Å². The molecule has 0 spiro atoms. The molecule has 0 bridgehead atoms. The fourth-order valence-corrected chi connectivity index (χ4v) is 5.22. The van der Waals surface area contributed by atoms with Gasteiger partial charge in [-0.1, -0.05) is 13.3 Å². The topological polar surface area (TPSA) is 48.0 Å². The van der Waals surface area contributed by atoms with Gasteiger partial charge in [0.1, 0.15) is 5.67 Å². The summed E-state index contributed by atoms with van der Waals surface area (Å²) in [5.74, 6) is 0.197. The van der Waals surface area contributed by atoms with Gasteiger partial charge in [-0.2, -0.15) is 0 Å². The molecule has 0 aliphatic carbocycles. The van der Waals surface area contributed by atoms with Crippen LogP contribution >= 0.6 is 0 Å². The zero-order valence-electron chi connectivity index (χ0n) is 11.9. The third kappa shape index (κ3) is 3.11. The second-order valence-electron chi connectivity index (χ2n) is 4.56. The van der Waals surface area contributed by atoms with E-state index in [4.69, 9.17) is 13.3 Å². The smallest absolute Gasteiger partial charge is 0.376 e. The lowest BCUT2D eigenvalue weighted by atomic mass is 10.1. The first-order valence-electron chi connectivity index (χ1n) is 6.60. The van der Waals surface area contributed by atoms with E-state index < -0.39 is 8.80 Å². The standard InChI is InChI=1S/C12H25NO4Si/c1-5-8-12(18(15-2,16-3)17-4)13-10-7-6-9-11(13)14/h12H,5-10H2,1-4H3. The lowest BCUT2D eigenvalue weighted by Gasteiger charge is -2.41. The van der Waals surface area contributed by atoms with Gasteiger partial charge in [-0.25, -0.2) is 0 Å². The number of rotatable bonds is 7. The van der Waals surface area contributed by atoms with Crippen molar-refractivity contribution in [2.45, 2.75) is 44.7 Å². The van der Waals surface area contributed by atoms with Crippen LogP contribution in [-0.2, 0) is 18.1 Å². The summed E-state index contributed by atoms with van der Waals surface area (Å²) < 4.78 is 16.7. The van der Waals surface area contributed by atoms with Gasteiger partial charge in [0.15, 0.2) is 0 Å². The van der Waals surface area contributed by atoms with Crippen molar-refractivity contribution < 1.29 is 18.1 Å². The molecule has 1 aliphatic heterocycles. The molecule has 1 amide bonds. The van der Waals surface area contributed by atoms with Crippen LogP contribution in [-0.4, -0.2) is 53.2 Å². The minimum atomic E-state index is -2.79. The minimum absolute atomic E-state index is 0.0599. The fraction of sp³-hybridized carbons (Fsp3) is 0.917. The summed E-state index contributed by atoms with van der Waals surface area (Å²) in [7, 11) is 2.03. The van der Waals surface area contributed by atoms with Gasteiger partial charge in [-0.05, 0) is 19.3 Å². The molecule has 0 aromatic heterocycles. The van der Waals surface area contributed by atoms with Crippen LogP contribution < -0.4 is 0 Å². The molecule has 1 aliphatic rings. The average molecular weight is 275 g/mol. The van der Waals surface area contributed by atoms with Crippen molar-refractivity contribution in [1.29, 1.82) is 0 Å². The molecule has 5 nitrogen and oxygen atoms in total. The van der Waals surface area contributed by atoms with E-state index in [1.54, 1.807) is 21.3 Å². The third-order valence-electron chi connectivity index (χ3n) is 3.56. The molecular weight excluding hydrogens is 250 g/mol. The molecule has 0 saturated carbocycles. The highest BCUT2D eigenvalue weighted by Crippen LogP contribution is 2.25. The van der Waals surface area contributed by atoms with Crippen LogP contribution in [0.3, 0.4) is 0 Å². The highest BCUT2D eigenvalue weighted by molar-refractivity contribution is 6.62. The summed E-state index contributed by atoms with van der Waals surface area (Å²) >= 11 is 0. The quantitative estimate of drug-likeness (QED) is 0.662. The molecule has 0 aromatic rings. The van der Waals surface area contributed by atoms with Crippen LogP contribution in [0, 0.1) is 0 Å². The number of hydrogen-bond acceptors (Lipinski definition) is 4. The van der Waals surface area contributed by atoms with Gasteiger partial charge in [0, 0.05) is 34.3 Å². The number of carbonyl (C=O) groups is 1. The first-order chi connectivity index (χ1) is 8.65. The minimum Gasteiger partial charge on any atom is -0.376 e. The van der Waals surface area contributed by atoms with Crippen molar-refractivity contribution in [3.05, 3.63) is 0 Å². The van der Waals surface area contributed by atoms with Gasteiger partial charge in [-0.15, -0.1) is 0 Å². The maximum absolute atomic E-state index is 12.1. The largest absolute Gasteiger partial charge is 0.523 e. The second kappa shape index (κ2) is 7.23. The number of likely N-dealkylation sites (tertiary alicyclic amines) is 1. The molecule has 1 heterocycles. The molecule has 18 heavy (non-hydrogen) atoms. The SMILES string of the molecule is CCCC(N1CCCCC1=O)[Si](OC)(OC)OC. The van der Waals surface area contributed by atoms with Gasteiger partial charge in [0.2, 0.25) is 5.91 Å². The Kier molecular flexibility index (Phi) is 6.27. The Balaban J connectivity index is 2.94. The fourth-order valence-electron chi connectivity index (χ4n) is 2.61. The van der Waals surface area contributed by atoms with E-state index in [0.29, 0.717) is 6.42 Å². The zero-order chi connectivity index (χ0) is 13.6. The first kappa shape index (κ1) is 15.6. The van der Waals surface area contributed by atoms with Crippen molar-refractivity contribution in [2.75, 3.05) is 27.9 Å². The van der Waals surface area contributed by atoms with Crippen LogP contribution in [0.5, 0.6) is 0 Å². The van der Waals surface area contributed by atoms with Gasteiger partial charge in [-0.3, -0.25) is 4.79 Å². The normalized spacial score (nSPS) is 19.1. The van der Waals surface area contributed by atoms with E-state index in [0.717, 1.165) is 32.2 Å². The number of nitrogens with zero attached hydrogens (tertiary/aromatic N) is 1. The Bertz CT molecular complexity index is 263. The first-order valence-corrected chi connectivity index (χ1v) is 8.40. The molecule has 1 rings (SSSR count). The average Bonchev–Trinajstić information content (AvgIpc) is 2.41. The summed E-state index contributed by atoms with van der Waals surface area (Å²) in [6.07, 6.45) is 4.48. The van der Waals surface area contributed by atoms with Crippen molar-refractivity contribution in [1.82, 2.24) is 4.90 Å². The zero-order valence-corrected chi connectivity index (χ0v) is 12.9. The highest BCUT2D eigenvalue weighted by Gasteiger charge is 2.51. The van der Waals surface area contributed by atoms with E-state index in [-0.39, 0.29) is 11.6 Å². The Morgan fingerprint density at radius 1 is 1.22 bits per heavy atom. The van der Waals surface area contributed by atoms with Crippen molar-refractivity contribution in [2.24, 2.45) is 0 Å². The Morgan fingerprint density at radius 2 is 1.83 bits per heavy atom. The van der Waals surface area contributed by atoms with Crippen molar-refractivity contribution >= 4 is 14.7 Å². The van der Waals surface area contributed by atoms with Crippen molar-refractivity contribution in [3.8, 4) is 0 Å². The van der Waals surface area contributed by atoms with Gasteiger partial charge in [0.05, 0.1) is 0 Å². The summed E-state index contributed by atoms with van der Waals surface area (Å²) in [5.41, 5.74) is -0.0599. The molecule has 1 unspecified atom stereocenters. The molecule has 6 heteroatoms. The lowest BCUT2D eigenvalue weighted by molar-refractivity contribution is -0.135. The van der Waals surface area contributed by atoms with Crippen LogP contribution in [0.25, 0.3) is 0 Å². The number of amides is 1. The number of carbonyl (C=O) groups excluding carboxylic acids is 1. The molecular formula is C12H25NO4Si. The van der Waals surface area contributed by atoms with E-state index >= 15 is 0 Å². The van der Waals surface area contributed by atoms with Crippen LogP contribution in [0.4, 0.5) is 0 Å². The maximum Gasteiger partial charge on any atom is 0.523 e. The van der Waals surface area contributed by atoms with E-state index in [1.807, 2.05) is 4.90 Å². The third-order valence-corrected chi connectivity index (χ3v) is 6.68. The molecule has 106 valence electrons. The molecule has 0 radical (unpaired) electrons. The highest BCUT2D eigenvalue weighted by atomic mass is 28.4. The predicted octanol–water partition coefficient (Wildman–Crippen LogP) is 1.58. The van der Waals surface area contributed by atoms with Crippen LogP contribution in [0.15, 0.2) is 0 Å². The molecule has 1 fully saturated rings. The predicted molar refractivity (Wildman–Crippen MR) is 71.0 cm³/mol. The second-order valence-corrected chi connectivity index (χ2v) is 7.66. The summed E-state index contributed by atoms with van der Waals surface area (Å²) in [5, 5.41) is 0.